The van der Waals surface area contributed by atoms with Crippen LogP contribution in [0.15, 0.2) is 53.4 Å². The van der Waals surface area contributed by atoms with Gasteiger partial charge in [0.15, 0.2) is 5.78 Å². The van der Waals surface area contributed by atoms with Crippen LogP contribution in [0.4, 0.5) is 10.1 Å². The molecule has 0 aromatic heterocycles. The number of para-hydroxylation sites is 1. The first-order chi connectivity index (χ1) is 13.0. The second-order valence-electron chi connectivity index (χ2n) is 6.60. The highest BCUT2D eigenvalue weighted by molar-refractivity contribution is 7.89. The fraction of sp³-hybridized carbons (Fsp3) is 0.350. The lowest BCUT2D eigenvalue weighted by Gasteiger charge is -2.20. The van der Waals surface area contributed by atoms with Crippen molar-refractivity contribution in [3.63, 3.8) is 0 Å². The fourth-order valence-electron chi connectivity index (χ4n) is 3.14. The van der Waals surface area contributed by atoms with Crippen molar-refractivity contribution in [3.05, 3.63) is 59.9 Å². The predicted molar refractivity (Wildman–Crippen MR) is 103 cm³/mol. The number of ketones is 1. The van der Waals surface area contributed by atoms with Crippen LogP contribution in [-0.2, 0) is 10.0 Å². The molecule has 7 heteroatoms. The number of halogens is 1. The molecule has 2 aromatic carbocycles. The van der Waals surface area contributed by atoms with E-state index in [2.05, 4.69) is 5.32 Å². The maximum Gasteiger partial charge on any atom is 0.243 e. The lowest BCUT2D eigenvalue weighted by atomic mass is 10.1. The molecule has 1 N–H and O–H groups in total. The van der Waals surface area contributed by atoms with E-state index in [1.54, 1.807) is 30.3 Å². The fourth-order valence-corrected chi connectivity index (χ4v) is 4.71. The molecule has 1 aliphatic rings. The van der Waals surface area contributed by atoms with Gasteiger partial charge in [0, 0.05) is 18.7 Å². The number of hydrogen-bond donors (Lipinski definition) is 1. The van der Waals surface area contributed by atoms with E-state index in [1.165, 1.54) is 22.5 Å². The molecule has 3 rings (SSSR count). The van der Waals surface area contributed by atoms with E-state index in [4.69, 9.17) is 0 Å². The summed E-state index contributed by atoms with van der Waals surface area (Å²) in [5.74, 6) is -0.742. The van der Waals surface area contributed by atoms with Crippen LogP contribution in [0.25, 0.3) is 0 Å². The van der Waals surface area contributed by atoms with Crippen LogP contribution < -0.4 is 5.32 Å². The van der Waals surface area contributed by atoms with Crippen LogP contribution in [0, 0.1) is 5.82 Å². The molecule has 0 atom stereocenters. The summed E-state index contributed by atoms with van der Waals surface area (Å²) in [7, 11) is -3.61. The topological polar surface area (TPSA) is 66.5 Å². The van der Waals surface area contributed by atoms with Crippen molar-refractivity contribution in [1.82, 2.24) is 4.31 Å². The van der Waals surface area contributed by atoms with Gasteiger partial charge in [-0.3, -0.25) is 4.79 Å². The summed E-state index contributed by atoms with van der Waals surface area (Å²) < 4.78 is 40.9. The number of hydrogen-bond acceptors (Lipinski definition) is 4. The smallest absolute Gasteiger partial charge is 0.243 e. The quantitative estimate of drug-likeness (QED) is 0.764. The van der Waals surface area contributed by atoms with Crippen molar-refractivity contribution in [2.24, 2.45) is 0 Å². The summed E-state index contributed by atoms with van der Waals surface area (Å²) in [6.45, 7) is 0.902. The van der Waals surface area contributed by atoms with Gasteiger partial charge in [0.05, 0.1) is 17.1 Å². The van der Waals surface area contributed by atoms with Gasteiger partial charge in [0.25, 0.3) is 0 Å². The standard InChI is InChI=1S/C20H23FN2O3S/c21-18-10-3-4-11-19(18)22-15-20(24)16-8-7-9-17(14-16)27(25,26)23-12-5-1-2-6-13-23/h3-4,7-11,14,22H,1-2,5-6,12-13,15H2. The van der Waals surface area contributed by atoms with Gasteiger partial charge in [0.2, 0.25) is 10.0 Å². The molecule has 0 aliphatic carbocycles. The third-order valence-corrected chi connectivity index (χ3v) is 6.57. The van der Waals surface area contributed by atoms with Crippen LogP contribution in [0.3, 0.4) is 0 Å². The van der Waals surface area contributed by atoms with Gasteiger partial charge < -0.3 is 5.32 Å². The molecule has 0 spiro atoms. The lowest BCUT2D eigenvalue weighted by Crippen LogP contribution is -2.32. The third-order valence-electron chi connectivity index (χ3n) is 4.67. The highest BCUT2D eigenvalue weighted by Crippen LogP contribution is 2.21. The second-order valence-corrected chi connectivity index (χ2v) is 8.54. The Morgan fingerprint density at radius 1 is 1.00 bits per heavy atom. The Kier molecular flexibility index (Phi) is 6.23. The first kappa shape index (κ1) is 19.5. The Labute approximate surface area is 159 Å². The third kappa shape index (κ3) is 4.73. The summed E-state index contributed by atoms with van der Waals surface area (Å²) in [5.41, 5.74) is 0.522. The van der Waals surface area contributed by atoms with Gasteiger partial charge in [-0.25, -0.2) is 12.8 Å². The predicted octanol–water partition coefficient (Wildman–Crippen LogP) is 3.69. The van der Waals surface area contributed by atoms with E-state index >= 15 is 0 Å². The number of rotatable bonds is 6. The number of anilines is 1. The zero-order valence-electron chi connectivity index (χ0n) is 15.0. The van der Waals surface area contributed by atoms with Gasteiger partial charge in [0.1, 0.15) is 5.82 Å². The minimum atomic E-state index is -3.61. The van der Waals surface area contributed by atoms with E-state index in [9.17, 15) is 17.6 Å². The van der Waals surface area contributed by atoms with Gasteiger partial charge in [-0.1, -0.05) is 37.1 Å². The summed E-state index contributed by atoms with van der Waals surface area (Å²) in [5, 5.41) is 2.76. The van der Waals surface area contributed by atoms with Crippen LogP contribution >= 0.6 is 0 Å². The Hall–Kier alpha value is -2.25. The summed E-state index contributed by atoms with van der Waals surface area (Å²) in [6.07, 6.45) is 3.77. The van der Waals surface area contributed by atoms with Crippen LogP contribution in [-0.4, -0.2) is 38.1 Å². The largest absolute Gasteiger partial charge is 0.375 e. The number of nitrogens with one attached hydrogen (secondary N) is 1. The molecule has 144 valence electrons. The van der Waals surface area contributed by atoms with Crippen LogP contribution in [0.2, 0.25) is 0 Å². The number of Topliss-reactive ketones (excluding diaryl/α,β-unsaturated/α-hetero) is 1. The van der Waals surface area contributed by atoms with Gasteiger partial charge >= 0.3 is 0 Å². The minimum Gasteiger partial charge on any atom is -0.375 e. The Bertz CT molecular complexity index is 907. The van der Waals surface area contributed by atoms with Crippen molar-refractivity contribution in [1.29, 1.82) is 0 Å². The lowest BCUT2D eigenvalue weighted by molar-refractivity contribution is 0.101. The maximum atomic E-state index is 13.6. The second kappa shape index (κ2) is 8.63. The molecule has 2 aromatic rings. The van der Waals surface area contributed by atoms with E-state index < -0.39 is 15.8 Å². The molecule has 1 fully saturated rings. The SMILES string of the molecule is O=C(CNc1ccccc1F)c1cccc(S(=O)(=O)N2CCCCCC2)c1. The molecular formula is C20H23FN2O3S. The molecule has 0 saturated carbocycles. The monoisotopic (exact) mass is 390 g/mol. The number of carbonyl (C=O) groups is 1. The van der Waals surface area contributed by atoms with E-state index in [1.807, 2.05) is 0 Å². The molecule has 0 bridgehead atoms. The molecule has 5 nitrogen and oxygen atoms in total. The molecular weight excluding hydrogens is 367 g/mol. The Morgan fingerprint density at radius 2 is 1.70 bits per heavy atom. The Balaban J connectivity index is 1.74. The summed E-state index contributed by atoms with van der Waals surface area (Å²) in [6, 6.07) is 12.2. The van der Waals surface area contributed by atoms with Crippen LogP contribution in [0.5, 0.6) is 0 Å². The first-order valence-corrected chi connectivity index (χ1v) is 10.5. The van der Waals surface area contributed by atoms with Crippen molar-refractivity contribution in [3.8, 4) is 0 Å². The van der Waals surface area contributed by atoms with Crippen molar-refractivity contribution < 1.29 is 17.6 Å². The maximum absolute atomic E-state index is 13.6. The highest BCUT2D eigenvalue weighted by Gasteiger charge is 2.25. The van der Waals surface area contributed by atoms with E-state index in [0.29, 0.717) is 13.1 Å². The van der Waals surface area contributed by atoms with Gasteiger partial charge in [-0.2, -0.15) is 4.31 Å². The zero-order valence-corrected chi connectivity index (χ0v) is 15.8. The first-order valence-electron chi connectivity index (χ1n) is 9.10. The molecule has 0 unspecified atom stereocenters. The summed E-state index contributed by atoms with van der Waals surface area (Å²) in [4.78, 5) is 12.6. The number of nitrogens with zero attached hydrogens (tertiary/aromatic N) is 1. The van der Waals surface area contributed by atoms with Crippen LogP contribution in [0.1, 0.15) is 36.0 Å². The average Bonchev–Trinajstić information content (AvgIpc) is 2.97. The molecule has 27 heavy (non-hydrogen) atoms. The Morgan fingerprint density at radius 3 is 2.41 bits per heavy atom. The highest BCUT2D eigenvalue weighted by atomic mass is 32.2. The molecule has 0 amide bonds. The molecule has 0 radical (unpaired) electrons. The number of benzene rings is 2. The summed E-state index contributed by atoms with van der Waals surface area (Å²) >= 11 is 0. The number of carbonyl (C=O) groups excluding carboxylic acids is 1. The van der Waals surface area contributed by atoms with Crippen molar-refractivity contribution in [2.45, 2.75) is 30.6 Å². The van der Waals surface area contributed by atoms with E-state index in [-0.39, 0.29) is 28.5 Å². The zero-order chi connectivity index (χ0) is 19.3. The van der Waals surface area contributed by atoms with Gasteiger partial charge in [-0.15, -0.1) is 0 Å². The molecule has 1 aliphatic heterocycles. The normalized spacial score (nSPS) is 15.9. The van der Waals surface area contributed by atoms with E-state index in [0.717, 1.165) is 25.7 Å². The number of sulfonamides is 1. The van der Waals surface area contributed by atoms with Crippen molar-refractivity contribution >= 4 is 21.5 Å². The minimum absolute atomic E-state index is 0.117. The molecule has 1 saturated heterocycles. The van der Waals surface area contributed by atoms with Gasteiger partial charge in [-0.05, 0) is 37.1 Å². The molecule has 1 heterocycles. The van der Waals surface area contributed by atoms with Crippen molar-refractivity contribution in [2.75, 3.05) is 25.0 Å². The average molecular weight is 390 g/mol.